The number of methoxy groups -OCH3 is 1. The molecule has 0 aromatic heterocycles. The van der Waals surface area contributed by atoms with Gasteiger partial charge in [-0.05, 0) is 37.1 Å². The van der Waals surface area contributed by atoms with Crippen molar-refractivity contribution in [1.29, 1.82) is 0 Å². The average Bonchev–Trinajstić information content (AvgIpc) is 2.09. The van der Waals surface area contributed by atoms with Gasteiger partial charge in [0.25, 0.3) is 0 Å². The summed E-state index contributed by atoms with van der Waals surface area (Å²) in [6.07, 6.45) is 0.430. The van der Waals surface area contributed by atoms with Gasteiger partial charge in [0.15, 0.2) is 0 Å². The maximum Gasteiger partial charge on any atom is 0.137 e. The van der Waals surface area contributed by atoms with Gasteiger partial charge in [-0.1, -0.05) is 11.6 Å². The summed E-state index contributed by atoms with van der Waals surface area (Å²) in [5.41, 5.74) is 1.99. The average molecular weight is 213 g/mol. The van der Waals surface area contributed by atoms with E-state index in [1.807, 2.05) is 19.1 Å². The summed E-state index contributed by atoms with van der Waals surface area (Å²) in [5, 5.41) is 0.581. The van der Waals surface area contributed by atoms with Crippen LogP contribution >= 0.6 is 11.6 Å². The topological polar surface area (TPSA) is 26.3 Å². The summed E-state index contributed by atoms with van der Waals surface area (Å²) < 4.78 is 5.08. The van der Waals surface area contributed by atoms with E-state index in [1.165, 1.54) is 0 Å². The van der Waals surface area contributed by atoms with Crippen LogP contribution in [0.15, 0.2) is 12.1 Å². The molecule has 0 spiro atoms. The van der Waals surface area contributed by atoms with Crippen LogP contribution in [0.25, 0.3) is 0 Å². The summed E-state index contributed by atoms with van der Waals surface area (Å²) >= 11 is 5.93. The van der Waals surface area contributed by atoms with Crippen molar-refractivity contribution in [3.63, 3.8) is 0 Å². The number of hydrogen-bond acceptors (Lipinski definition) is 2. The van der Waals surface area contributed by atoms with Gasteiger partial charge in [-0.3, -0.25) is 4.79 Å². The van der Waals surface area contributed by atoms with Crippen LogP contribution in [0.4, 0.5) is 0 Å². The normalized spacial score (nSPS) is 10.0. The van der Waals surface area contributed by atoms with Crippen LogP contribution in [0.5, 0.6) is 5.75 Å². The second-order valence-corrected chi connectivity index (χ2v) is 3.70. The van der Waals surface area contributed by atoms with Crippen molar-refractivity contribution < 1.29 is 9.53 Å². The van der Waals surface area contributed by atoms with Gasteiger partial charge in [-0.25, -0.2) is 0 Å². The van der Waals surface area contributed by atoms with Crippen LogP contribution in [0.3, 0.4) is 0 Å². The molecule has 0 N–H and O–H groups in total. The number of rotatable bonds is 3. The van der Waals surface area contributed by atoms with Crippen LogP contribution in [0.2, 0.25) is 5.02 Å². The lowest BCUT2D eigenvalue weighted by atomic mass is 10.0. The second-order valence-electron chi connectivity index (χ2n) is 3.29. The molecule has 0 aliphatic rings. The monoisotopic (exact) mass is 212 g/mol. The zero-order chi connectivity index (χ0) is 10.7. The van der Waals surface area contributed by atoms with Crippen molar-refractivity contribution in [3.8, 4) is 5.75 Å². The van der Waals surface area contributed by atoms with Crippen molar-refractivity contribution >= 4 is 17.4 Å². The molecule has 2 nitrogen and oxygen atoms in total. The highest BCUT2D eigenvalue weighted by Gasteiger charge is 2.07. The van der Waals surface area contributed by atoms with Crippen molar-refractivity contribution in [1.82, 2.24) is 0 Å². The standard InChI is InChI=1S/C11H13ClO2/c1-7-4-10(12)11(14-3)6-9(7)5-8(2)13/h4,6H,5H2,1-3H3. The van der Waals surface area contributed by atoms with E-state index in [4.69, 9.17) is 16.3 Å². The second kappa shape index (κ2) is 4.47. The summed E-state index contributed by atoms with van der Waals surface area (Å²) in [5.74, 6) is 0.756. The fourth-order valence-corrected chi connectivity index (χ4v) is 1.61. The molecule has 0 saturated heterocycles. The molecule has 0 radical (unpaired) electrons. The number of carbonyl (C=O) groups excluding carboxylic acids is 1. The molecule has 14 heavy (non-hydrogen) atoms. The lowest BCUT2D eigenvalue weighted by Crippen LogP contribution is -1.99. The third-order valence-corrected chi connectivity index (χ3v) is 2.35. The lowest BCUT2D eigenvalue weighted by molar-refractivity contribution is -0.116. The molecule has 0 bridgehead atoms. The largest absolute Gasteiger partial charge is 0.495 e. The minimum absolute atomic E-state index is 0.137. The SMILES string of the molecule is COc1cc(CC(C)=O)c(C)cc1Cl. The van der Waals surface area contributed by atoms with Gasteiger partial charge in [0.2, 0.25) is 0 Å². The van der Waals surface area contributed by atoms with Gasteiger partial charge in [0.05, 0.1) is 12.1 Å². The molecule has 0 amide bonds. The molecule has 76 valence electrons. The Labute approximate surface area is 88.8 Å². The number of hydrogen-bond donors (Lipinski definition) is 0. The van der Waals surface area contributed by atoms with Gasteiger partial charge in [-0.2, -0.15) is 0 Å². The number of ketones is 1. The highest BCUT2D eigenvalue weighted by molar-refractivity contribution is 6.32. The van der Waals surface area contributed by atoms with Crippen molar-refractivity contribution in [2.75, 3.05) is 7.11 Å². The zero-order valence-corrected chi connectivity index (χ0v) is 9.31. The smallest absolute Gasteiger partial charge is 0.137 e. The van der Waals surface area contributed by atoms with Crippen LogP contribution in [0.1, 0.15) is 18.1 Å². The molecule has 0 saturated carbocycles. The number of halogens is 1. The van der Waals surface area contributed by atoms with E-state index in [0.717, 1.165) is 11.1 Å². The molecule has 0 heterocycles. The Kier molecular flexibility index (Phi) is 3.53. The lowest BCUT2D eigenvalue weighted by Gasteiger charge is -2.08. The molecule has 0 unspecified atom stereocenters. The molecule has 1 aromatic carbocycles. The first-order valence-corrected chi connectivity index (χ1v) is 4.75. The number of benzene rings is 1. The van der Waals surface area contributed by atoms with Crippen LogP contribution < -0.4 is 4.74 Å². The molecule has 0 fully saturated rings. The molecular formula is C11H13ClO2. The van der Waals surface area contributed by atoms with E-state index >= 15 is 0 Å². The number of Topliss-reactive ketones (excluding diaryl/α,β-unsaturated/α-hetero) is 1. The molecule has 0 aliphatic heterocycles. The fourth-order valence-electron chi connectivity index (χ4n) is 1.31. The fraction of sp³-hybridized carbons (Fsp3) is 0.364. The maximum absolute atomic E-state index is 11.0. The first kappa shape index (κ1) is 11.1. The zero-order valence-electron chi connectivity index (χ0n) is 8.56. The molecule has 0 atom stereocenters. The Hall–Kier alpha value is -1.02. The van der Waals surface area contributed by atoms with E-state index in [2.05, 4.69) is 0 Å². The first-order chi connectivity index (χ1) is 6.54. The minimum Gasteiger partial charge on any atom is -0.495 e. The number of ether oxygens (including phenoxy) is 1. The molecule has 3 heteroatoms. The van der Waals surface area contributed by atoms with Crippen LogP contribution in [-0.4, -0.2) is 12.9 Å². The quantitative estimate of drug-likeness (QED) is 0.770. The third kappa shape index (κ3) is 2.48. The summed E-state index contributed by atoms with van der Waals surface area (Å²) in [6.45, 7) is 3.50. The maximum atomic E-state index is 11.0. The van der Waals surface area contributed by atoms with E-state index in [9.17, 15) is 4.79 Å². The highest BCUT2D eigenvalue weighted by Crippen LogP contribution is 2.28. The Morgan fingerprint density at radius 3 is 2.64 bits per heavy atom. The minimum atomic E-state index is 0.137. The Balaban J connectivity index is 3.10. The molecule has 0 aliphatic carbocycles. The predicted octanol–water partition coefficient (Wildman–Crippen LogP) is 2.79. The third-order valence-electron chi connectivity index (χ3n) is 2.05. The number of carbonyl (C=O) groups is 1. The summed E-state index contributed by atoms with van der Waals surface area (Å²) in [4.78, 5) is 11.0. The van der Waals surface area contributed by atoms with E-state index in [-0.39, 0.29) is 5.78 Å². The first-order valence-electron chi connectivity index (χ1n) is 4.37. The van der Waals surface area contributed by atoms with Gasteiger partial charge in [0, 0.05) is 6.42 Å². The van der Waals surface area contributed by atoms with Gasteiger partial charge in [-0.15, -0.1) is 0 Å². The highest BCUT2D eigenvalue weighted by atomic mass is 35.5. The van der Waals surface area contributed by atoms with Crippen LogP contribution in [-0.2, 0) is 11.2 Å². The van der Waals surface area contributed by atoms with Gasteiger partial charge in [0.1, 0.15) is 11.5 Å². The Morgan fingerprint density at radius 1 is 1.50 bits per heavy atom. The molecule has 1 aromatic rings. The summed E-state index contributed by atoms with van der Waals surface area (Å²) in [6, 6.07) is 3.64. The molecule has 1 rings (SSSR count). The number of aryl methyl sites for hydroxylation is 1. The Bertz CT molecular complexity index is 359. The van der Waals surface area contributed by atoms with Gasteiger partial charge >= 0.3 is 0 Å². The Morgan fingerprint density at radius 2 is 2.14 bits per heavy atom. The van der Waals surface area contributed by atoms with Gasteiger partial charge < -0.3 is 4.74 Å². The van der Waals surface area contributed by atoms with E-state index < -0.39 is 0 Å². The van der Waals surface area contributed by atoms with Crippen LogP contribution in [0, 0.1) is 6.92 Å². The van der Waals surface area contributed by atoms with E-state index in [1.54, 1.807) is 14.0 Å². The van der Waals surface area contributed by atoms with E-state index in [0.29, 0.717) is 17.2 Å². The molecular weight excluding hydrogens is 200 g/mol. The van der Waals surface area contributed by atoms with Crippen molar-refractivity contribution in [3.05, 3.63) is 28.3 Å². The predicted molar refractivity (Wildman–Crippen MR) is 57.1 cm³/mol. The van der Waals surface area contributed by atoms with Crippen molar-refractivity contribution in [2.45, 2.75) is 20.3 Å². The van der Waals surface area contributed by atoms with Crippen molar-refractivity contribution in [2.24, 2.45) is 0 Å². The summed E-state index contributed by atoms with van der Waals surface area (Å²) in [7, 11) is 1.56.